The smallest absolute Gasteiger partial charge is 0.356 e. The van der Waals surface area contributed by atoms with Gasteiger partial charge in [-0.15, -0.1) is 0 Å². The van der Waals surface area contributed by atoms with Gasteiger partial charge in [0.1, 0.15) is 11.5 Å². The number of esters is 1. The van der Waals surface area contributed by atoms with Crippen molar-refractivity contribution in [3.05, 3.63) is 60.0 Å². The molecule has 1 fully saturated rings. The molecule has 168 valence electrons. The lowest BCUT2D eigenvalue weighted by molar-refractivity contribution is -0.120. The first-order valence-electron chi connectivity index (χ1n) is 10.8. The lowest BCUT2D eigenvalue weighted by atomic mass is 10.1. The molecule has 4 rings (SSSR count). The lowest BCUT2D eigenvalue weighted by Gasteiger charge is -2.38. The van der Waals surface area contributed by atoms with Crippen LogP contribution >= 0.6 is 0 Å². The SMILES string of the molecule is CCOC(=O)c1[nH]c2ccccc2c1NC(=O)C(C)N1CCN(c2ccccc2F)CC1. The molecule has 0 radical (unpaired) electrons. The topological polar surface area (TPSA) is 77.7 Å². The highest BCUT2D eigenvalue weighted by atomic mass is 19.1. The van der Waals surface area contributed by atoms with E-state index in [1.54, 1.807) is 19.1 Å². The Bertz CT molecular complexity index is 1120. The Morgan fingerprint density at radius 2 is 1.78 bits per heavy atom. The van der Waals surface area contributed by atoms with Crippen molar-refractivity contribution in [2.45, 2.75) is 19.9 Å². The molecule has 8 heteroatoms. The van der Waals surface area contributed by atoms with Crippen LogP contribution in [0.25, 0.3) is 10.9 Å². The Morgan fingerprint density at radius 1 is 1.09 bits per heavy atom. The molecular formula is C24H27FN4O3. The number of ether oxygens (including phenoxy) is 1. The Labute approximate surface area is 186 Å². The Balaban J connectivity index is 1.47. The average molecular weight is 439 g/mol. The number of aromatic nitrogens is 1. The Morgan fingerprint density at radius 3 is 2.50 bits per heavy atom. The van der Waals surface area contributed by atoms with E-state index in [0.717, 1.165) is 10.9 Å². The van der Waals surface area contributed by atoms with Gasteiger partial charge in [0.2, 0.25) is 5.91 Å². The number of rotatable bonds is 6. The maximum atomic E-state index is 14.1. The van der Waals surface area contributed by atoms with Gasteiger partial charge < -0.3 is 19.9 Å². The fraction of sp³-hybridized carbons (Fsp3) is 0.333. The van der Waals surface area contributed by atoms with Crippen LogP contribution in [-0.2, 0) is 9.53 Å². The number of amides is 1. The minimum atomic E-state index is -0.509. The normalized spacial score (nSPS) is 15.5. The number of benzene rings is 2. The van der Waals surface area contributed by atoms with E-state index in [4.69, 9.17) is 4.74 Å². The summed E-state index contributed by atoms with van der Waals surface area (Å²) in [5, 5.41) is 3.69. The molecule has 2 heterocycles. The summed E-state index contributed by atoms with van der Waals surface area (Å²) in [6.07, 6.45) is 0. The molecule has 1 amide bonds. The number of aromatic amines is 1. The predicted octanol–water partition coefficient (Wildman–Crippen LogP) is 3.63. The molecule has 1 aromatic heterocycles. The van der Waals surface area contributed by atoms with Crippen molar-refractivity contribution >= 4 is 34.2 Å². The quantitative estimate of drug-likeness (QED) is 0.575. The molecule has 1 aliphatic heterocycles. The third kappa shape index (κ3) is 4.31. The zero-order chi connectivity index (χ0) is 22.7. The molecule has 0 saturated carbocycles. The second-order valence-corrected chi connectivity index (χ2v) is 7.78. The number of fused-ring (bicyclic) bond motifs is 1. The van der Waals surface area contributed by atoms with Gasteiger partial charge in [-0.25, -0.2) is 9.18 Å². The van der Waals surface area contributed by atoms with E-state index in [-0.39, 0.29) is 24.0 Å². The van der Waals surface area contributed by atoms with Crippen LogP contribution in [0.15, 0.2) is 48.5 Å². The molecule has 0 spiro atoms. The molecule has 7 nitrogen and oxygen atoms in total. The molecule has 3 aromatic rings. The minimum absolute atomic E-state index is 0.209. The van der Waals surface area contributed by atoms with Gasteiger partial charge in [0.15, 0.2) is 0 Å². The molecule has 0 bridgehead atoms. The number of halogens is 1. The van der Waals surface area contributed by atoms with Crippen LogP contribution in [0.1, 0.15) is 24.3 Å². The fourth-order valence-electron chi connectivity index (χ4n) is 4.08. The summed E-state index contributed by atoms with van der Waals surface area (Å²) in [5.74, 6) is -0.956. The van der Waals surface area contributed by atoms with Crippen molar-refractivity contribution in [1.82, 2.24) is 9.88 Å². The lowest BCUT2D eigenvalue weighted by Crippen LogP contribution is -2.53. The van der Waals surface area contributed by atoms with Gasteiger partial charge in [0.25, 0.3) is 0 Å². The molecule has 1 atom stereocenters. The zero-order valence-electron chi connectivity index (χ0n) is 18.2. The second-order valence-electron chi connectivity index (χ2n) is 7.78. The predicted molar refractivity (Wildman–Crippen MR) is 123 cm³/mol. The van der Waals surface area contributed by atoms with Gasteiger partial charge in [-0.2, -0.15) is 0 Å². The van der Waals surface area contributed by atoms with Gasteiger partial charge in [-0.3, -0.25) is 9.69 Å². The van der Waals surface area contributed by atoms with Crippen LogP contribution in [0, 0.1) is 5.82 Å². The summed E-state index contributed by atoms with van der Waals surface area (Å²) in [6.45, 7) is 6.32. The molecule has 2 aromatic carbocycles. The second kappa shape index (κ2) is 9.40. The molecule has 2 N–H and O–H groups in total. The highest BCUT2D eigenvalue weighted by Gasteiger charge is 2.28. The first kappa shape index (κ1) is 21.8. The number of hydrogen-bond donors (Lipinski definition) is 2. The minimum Gasteiger partial charge on any atom is -0.461 e. The van der Waals surface area contributed by atoms with Gasteiger partial charge in [0, 0.05) is 37.1 Å². The van der Waals surface area contributed by atoms with Crippen molar-refractivity contribution in [2.75, 3.05) is 43.0 Å². The van der Waals surface area contributed by atoms with Gasteiger partial charge in [0.05, 0.1) is 24.0 Å². The van der Waals surface area contributed by atoms with Crippen molar-refractivity contribution in [3.63, 3.8) is 0 Å². The highest BCUT2D eigenvalue weighted by Crippen LogP contribution is 2.29. The van der Waals surface area contributed by atoms with E-state index in [0.29, 0.717) is 37.6 Å². The number of nitrogens with one attached hydrogen (secondary N) is 2. The fourth-order valence-corrected chi connectivity index (χ4v) is 4.08. The maximum absolute atomic E-state index is 14.1. The van der Waals surface area contributed by atoms with Crippen LogP contribution in [0.3, 0.4) is 0 Å². The average Bonchev–Trinajstić information content (AvgIpc) is 3.18. The molecule has 32 heavy (non-hydrogen) atoms. The third-order valence-electron chi connectivity index (χ3n) is 5.87. The summed E-state index contributed by atoms with van der Waals surface area (Å²) in [4.78, 5) is 32.6. The molecule has 1 unspecified atom stereocenters. The Hall–Kier alpha value is -3.39. The number of para-hydroxylation sites is 2. The first-order chi connectivity index (χ1) is 15.5. The van der Waals surface area contributed by atoms with Gasteiger partial charge >= 0.3 is 5.97 Å². The summed E-state index contributed by atoms with van der Waals surface area (Å²) >= 11 is 0. The van der Waals surface area contributed by atoms with Crippen molar-refractivity contribution < 1.29 is 18.7 Å². The third-order valence-corrected chi connectivity index (χ3v) is 5.87. The number of carbonyl (C=O) groups is 2. The summed E-state index contributed by atoms with van der Waals surface area (Å²) in [6, 6.07) is 13.7. The van der Waals surface area contributed by atoms with Gasteiger partial charge in [-0.1, -0.05) is 30.3 Å². The largest absolute Gasteiger partial charge is 0.461 e. The van der Waals surface area contributed by atoms with Crippen LogP contribution in [0.2, 0.25) is 0 Å². The Kier molecular flexibility index (Phi) is 6.41. The number of piperazine rings is 1. The first-order valence-corrected chi connectivity index (χ1v) is 10.8. The summed E-state index contributed by atoms with van der Waals surface area (Å²) in [5.41, 5.74) is 2.00. The standard InChI is InChI=1S/C24H27FN4O3/c1-3-32-24(31)22-21(17-8-4-6-10-19(17)26-22)27-23(30)16(2)28-12-14-29(15-13-28)20-11-7-5-9-18(20)25/h4-11,16,26H,3,12-15H2,1-2H3,(H,27,30). The van der Waals surface area contributed by atoms with E-state index in [1.165, 1.54) is 6.07 Å². The van der Waals surface area contributed by atoms with E-state index in [2.05, 4.69) is 15.2 Å². The number of anilines is 2. The van der Waals surface area contributed by atoms with Crippen molar-refractivity contribution in [2.24, 2.45) is 0 Å². The number of carbonyl (C=O) groups excluding carboxylic acids is 2. The number of H-pyrrole nitrogens is 1. The highest BCUT2D eigenvalue weighted by molar-refractivity contribution is 6.11. The van der Waals surface area contributed by atoms with E-state index < -0.39 is 12.0 Å². The number of hydrogen-bond acceptors (Lipinski definition) is 5. The van der Waals surface area contributed by atoms with E-state index in [9.17, 15) is 14.0 Å². The van der Waals surface area contributed by atoms with Crippen molar-refractivity contribution in [1.29, 1.82) is 0 Å². The summed E-state index contributed by atoms with van der Waals surface area (Å²) in [7, 11) is 0. The van der Waals surface area contributed by atoms with Crippen LogP contribution < -0.4 is 10.2 Å². The van der Waals surface area contributed by atoms with Crippen molar-refractivity contribution in [3.8, 4) is 0 Å². The van der Waals surface area contributed by atoms with Gasteiger partial charge in [-0.05, 0) is 32.0 Å². The van der Waals surface area contributed by atoms with Crippen LogP contribution in [0.4, 0.5) is 15.8 Å². The molecular weight excluding hydrogens is 411 g/mol. The zero-order valence-corrected chi connectivity index (χ0v) is 18.2. The van der Waals surface area contributed by atoms with E-state index >= 15 is 0 Å². The van der Waals surface area contributed by atoms with Crippen LogP contribution in [-0.4, -0.2) is 60.6 Å². The monoisotopic (exact) mass is 438 g/mol. The summed E-state index contributed by atoms with van der Waals surface area (Å²) < 4.78 is 19.2. The molecule has 1 saturated heterocycles. The van der Waals surface area contributed by atoms with E-state index in [1.807, 2.05) is 42.2 Å². The maximum Gasteiger partial charge on any atom is 0.356 e. The molecule has 0 aliphatic carbocycles. The molecule has 1 aliphatic rings. The van der Waals surface area contributed by atoms with Crippen LogP contribution in [0.5, 0.6) is 0 Å². The number of nitrogens with zero attached hydrogens (tertiary/aromatic N) is 2.